The van der Waals surface area contributed by atoms with Crippen LogP contribution in [0.1, 0.15) is 5.56 Å². The average molecular weight is 264 g/mol. The van der Waals surface area contributed by atoms with Crippen molar-refractivity contribution in [2.75, 3.05) is 26.0 Å². The number of halogens is 1. The van der Waals surface area contributed by atoms with Gasteiger partial charge in [-0.25, -0.2) is 4.39 Å². The Morgan fingerprint density at radius 1 is 1.58 bits per heavy atom. The van der Waals surface area contributed by atoms with Crippen LogP contribution in [0.3, 0.4) is 0 Å². The van der Waals surface area contributed by atoms with Crippen molar-refractivity contribution >= 4 is 17.9 Å². The number of nitrogens with one attached hydrogen (secondary N) is 2. The van der Waals surface area contributed by atoms with Crippen molar-refractivity contribution in [1.29, 1.82) is 10.8 Å². The van der Waals surface area contributed by atoms with E-state index in [1.165, 1.54) is 7.05 Å². The molecule has 4 N–H and O–H groups in total. The summed E-state index contributed by atoms with van der Waals surface area (Å²) in [6.45, 7) is 0.428. The summed E-state index contributed by atoms with van der Waals surface area (Å²) in [5.74, 6) is -0.249. The van der Waals surface area contributed by atoms with Crippen LogP contribution in [0, 0.1) is 10.8 Å². The molecule has 2 rings (SSSR count). The molecule has 6 heteroatoms. The molecule has 1 saturated heterocycles. The molecule has 1 unspecified atom stereocenters. The Morgan fingerprint density at radius 3 is 2.74 bits per heavy atom. The topological polar surface area (TPSA) is 86.2 Å². The van der Waals surface area contributed by atoms with Gasteiger partial charge in [0.1, 0.15) is 5.84 Å². The van der Waals surface area contributed by atoms with E-state index in [4.69, 9.17) is 21.3 Å². The molecule has 1 aliphatic heterocycles. The van der Waals surface area contributed by atoms with Crippen molar-refractivity contribution in [3.8, 4) is 0 Å². The van der Waals surface area contributed by atoms with Gasteiger partial charge in [0, 0.05) is 12.7 Å². The van der Waals surface area contributed by atoms with Crippen LogP contribution >= 0.6 is 0 Å². The van der Waals surface area contributed by atoms with Gasteiger partial charge in [0.05, 0.1) is 25.0 Å². The molecule has 1 heterocycles. The highest BCUT2D eigenvalue weighted by Gasteiger charge is 2.50. The van der Waals surface area contributed by atoms with E-state index in [9.17, 15) is 4.39 Å². The molecule has 0 aromatic heterocycles. The lowest BCUT2D eigenvalue weighted by molar-refractivity contribution is -0.0843. The molecule has 1 aromatic rings. The fourth-order valence-corrected chi connectivity index (χ4v) is 2.14. The summed E-state index contributed by atoms with van der Waals surface area (Å²) < 4.78 is 19.8. The number of ether oxygens (including phenoxy) is 1. The van der Waals surface area contributed by atoms with E-state index in [1.807, 2.05) is 0 Å². The highest BCUT2D eigenvalue weighted by atomic mass is 19.1. The smallest absolute Gasteiger partial charge is 0.171 e. The lowest BCUT2D eigenvalue weighted by Crippen LogP contribution is -2.58. The molecular weight excluding hydrogens is 247 g/mol. The van der Waals surface area contributed by atoms with E-state index in [0.717, 1.165) is 16.8 Å². The van der Waals surface area contributed by atoms with E-state index in [2.05, 4.69) is 0 Å². The van der Waals surface area contributed by atoms with Crippen LogP contribution in [0.2, 0.25) is 0 Å². The first-order chi connectivity index (χ1) is 9.01. The highest BCUT2D eigenvalue weighted by Crippen LogP contribution is 2.38. The quantitative estimate of drug-likeness (QED) is 0.436. The molecule has 1 atom stereocenters. The number of nitrogens with two attached hydrogens (primary N) is 1. The zero-order valence-corrected chi connectivity index (χ0v) is 10.7. The van der Waals surface area contributed by atoms with Gasteiger partial charge in [-0.2, -0.15) is 0 Å². The second-order valence-corrected chi connectivity index (χ2v) is 4.76. The summed E-state index contributed by atoms with van der Waals surface area (Å²) in [7, 11) is 1.48. The van der Waals surface area contributed by atoms with Crippen molar-refractivity contribution in [2.24, 2.45) is 0 Å². The van der Waals surface area contributed by atoms with E-state index in [-0.39, 0.29) is 19.0 Å². The molecule has 19 heavy (non-hydrogen) atoms. The van der Waals surface area contributed by atoms with E-state index < -0.39 is 11.6 Å². The first-order valence-electron chi connectivity index (χ1n) is 5.91. The number of hydrogen-bond acceptors (Lipinski definition) is 4. The van der Waals surface area contributed by atoms with Gasteiger partial charge in [-0.3, -0.25) is 10.8 Å². The van der Waals surface area contributed by atoms with Gasteiger partial charge in [0.2, 0.25) is 0 Å². The standard InChI is InChI=1S/C13H17FN4O/c1-18(8-15)12(17)11(14)13(6-19-7-13)9-3-2-4-10(16)5-9/h2-5,8,11,15,17H,6-7,16H2,1H3. The Balaban J connectivity index is 2.33. The van der Waals surface area contributed by atoms with Crippen molar-refractivity contribution in [1.82, 2.24) is 4.90 Å². The predicted molar refractivity (Wildman–Crippen MR) is 72.5 cm³/mol. The minimum atomic E-state index is -1.53. The molecule has 0 bridgehead atoms. The van der Waals surface area contributed by atoms with Crippen LogP contribution in [0.5, 0.6) is 0 Å². The van der Waals surface area contributed by atoms with Gasteiger partial charge >= 0.3 is 0 Å². The fraction of sp³-hybridized carbons (Fsp3) is 0.385. The number of nitrogen functional groups attached to an aromatic ring is 1. The second-order valence-electron chi connectivity index (χ2n) is 4.76. The maximum absolute atomic E-state index is 14.7. The van der Waals surface area contributed by atoms with Gasteiger partial charge in [0.15, 0.2) is 6.17 Å². The van der Waals surface area contributed by atoms with Crippen molar-refractivity contribution in [3.05, 3.63) is 29.8 Å². The average Bonchev–Trinajstić information content (AvgIpc) is 2.35. The number of amidine groups is 1. The van der Waals surface area contributed by atoms with E-state index in [1.54, 1.807) is 24.3 Å². The molecule has 0 radical (unpaired) electrons. The normalized spacial score (nSPS) is 18.2. The van der Waals surface area contributed by atoms with Crippen LogP contribution in [0.15, 0.2) is 24.3 Å². The number of rotatable bonds is 4. The summed E-state index contributed by atoms with van der Waals surface area (Å²) in [4.78, 5) is 1.15. The van der Waals surface area contributed by atoms with Crippen molar-refractivity contribution in [2.45, 2.75) is 11.6 Å². The largest absolute Gasteiger partial charge is 0.399 e. The fourth-order valence-electron chi connectivity index (χ4n) is 2.14. The Kier molecular flexibility index (Phi) is 3.53. The van der Waals surface area contributed by atoms with Gasteiger partial charge in [-0.15, -0.1) is 0 Å². The number of nitrogens with zero attached hydrogens (tertiary/aromatic N) is 1. The molecule has 0 amide bonds. The van der Waals surface area contributed by atoms with Crippen LogP contribution in [-0.4, -0.2) is 43.5 Å². The molecule has 0 aliphatic carbocycles. The van der Waals surface area contributed by atoms with Crippen LogP contribution < -0.4 is 5.73 Å². The Labute approximate surface area is 111 Å². The van der Waals surface area contributed by atoms with Crippen LogP contribution in [0.4, 0.5) is 10.1 Å². The SMILES string of the molecule is CN(C=N)C(=N)C(F)C1(c2cccc(N)c2)COC1. The summed E-state index contributed by atoms with van der Waals surface area (Å²) in [6, 6.07) is 7.01. The number of benzene rings is 1. The minimum absolute atomic E-state index is 0.214. The van der Waals surface area contributed by atoms with Crippen molar-refractivity contribution < 1.29 is 9.13 Å². The Bertz CT molecular complexity index is 501. The lowest BCUT2D eigenvalue weighted by atomic mass is 9.74. The highest BCUT2D eigenvalue weighted by molar-refractivity contribution is 5.93. The Hall–Kier alpha value is -1.95. The summed E-state index contributed by atoms with van der Waals surface area (Å²) in [5.41, 5.74) is 6.15. The Morgan fingerprint density at radius 2 is 2.26 bits per heavy atom. The third-order valence-electron chi connectivity index (χ3n) is 3.48. The van der Waals surface area contributed by atoms with E-state index in [0.29, 0.717) is 5.69 Å². The summed E-state index contributed by atoms with van der Waals surface area (Å²) in [5, 5.41) is 14.9. The maximum atomic E-state index is 14.7. The van der Waals surface area contributed by atoms with Crippen LogP contribution in [-0.2, 0) is 10.2 Å². The molecule has 102 valence electrons. The molecular formula is C13H17FN4O. The zero-order valence-electron chi connectivity index (χ0n) is 10.7. The van der Waals surface area contributed by atoms with Gasteiger partial charge in [-0.05, 0) is 17.7 Å². The van der Waals surface area contributed by atoms with E-state index >= 15 is 0 Å². The predicted octanol–water partition coefficient (Wildman–Crippen LogP) is 1.39. The molecule has 0 spiro atoms. The minimum Gasteiger partial charge on any atom is -0.399 e. The molecule has 1 aromatic carbocycles. The first-order valence-corrected chi connectivity index (χ1v) is 5.91. The molecule has 1 fully saturated rings. The van der Waals surface area contributed by atoms with Gasteiger partial charge in [-0.1, -0.05) is 12.1 Å². The molecule has 1 aliphatic rings. The van der Waals surface area contributed by atoms with Crippen LogP contribution in [0.25, 0.3) is 0 Å². The molecule has 5 nitrogen and oxygen atoms in total. The number of alkyl halides is 1. The summed E-state index contributed by atoms with van der Waals surface area (Å²) in [6.07, 6.45) is -0.615. The second kappa shape index (κ2) is 4.97. The summed E-state index contributed by atoms with van der Waals surface area (Å²) >= 11 is 0. The zero-order chi connectivity index (χ0) is 14.0. The third kappa shape index (κ3) is 2.19. The number of hydrogen-bond donors (Lipinski definition) is 3. The maximum Gasteiger partial charge on any atom is 0.171 e. The third-order valence-corrected chi connectivity index (χ3v) is 3.48. The number of anilines is 1. The van der Waals surface area contributed by atoms with Crippen molar-refractivity contribution in [3.63, 3.8) is 0 Å². The monoisotopic (exact) mass is 264 g/mol. The van der Waals surface area contributed by atoms with Gasteiger partial charge in [0.25, 0.3) is 0 Å². The first kappa shape index (κ1) is 13.5. The molecule has 0 saturated carbocycles. The lowest BCUT2D eigenvalue weighted by Gasteiger charge is -2.44. The van der Waals surface area contributed by atoms with Gasteiger partial charge < -0.3 is 15.4 Å².